The number of ether oxygens (including phenoxy) is 2. The van der Waals surface area contributed by atoms with E-state index in [4.69, 9.17) is 4.74 Å². The Kier molecular flexibility index (Phi) is 4.93. The van der Waals surface area contributed by atoms with Crippen LogP contribution in [-0.2, 0) is 13.6 Å². The molecule has 0 atom stereocenters. The second-order valence-corrected chi connectivity index (χ2v) is 5.72. The third kappa shape index (κ3) is 4.13. The molecule has 142 valence electrons. The van der Waals surface area contributed by atoms with Gasteiger partial charge in [-0.1, -0.05) is 0 Å². The van der Waals surface area contributed by atoms with Crippen LogP contribution in [-0.4, -0.2) is 28.9 Å². The molecule has 2 aromatic carbocycles. The van der Waals surface area contributed by atoms with E-state index in [-0.39, 0.29) is 17.9 Å². The van der Waals surface area contributed by atoms with Crippen LogP contribution in [0.25, 0.3) is 11.0 Å². The van der Waals surface area contributed by atoms with Crippen molar-refractivity contribution in [1.82, 2.24) is 14.9 Å². The van der Waals surface area contributed by atoms with Crippen LogP contribution in [0.3, 0.4) is 0 Å². The number of aromatic nitrogens is 2. The number of imidazole rings is 1. The summed E-state index contributed by atoms with van der Waals surface area (Å²) in [7, 11) is 3.36. The molecule has 3 rings (SSSR count). The van der Waals surface area contributed by atoms with E-state index in [1.807, 2.05) is 17.7 Å². The number of carbonyl (C=O) groups excluding carboxylic acids is 1. The molecule has 1 heterocycles. The molecule has 1 amide bonds. The maximum absolute atomic E-state index is 12.3. The number of aryl methyl sites for hydroxylation is 1. The van der Waals surface area contributed by atoms with E-state index in [1.54, 1.807) is 12.4 Å². The molecular weight excluding hydrogens is 363 g/mol. The number of nitrogens with zero attached hydrogens (tertiary/aromatic N) is 2. The summed E-state index contributed by atoms with van der Waals surface area (Å²) < 4.78 is 47.6. The number of amides is 1. The molecule has 0 radical (unpaired) electrons. The smallest absolute Gasteiger partial charge is 0.496 e. The average Bonchev–Trinajstić information content (AvgIpc) is 3.00. The molecule has 0 spiro atoms. The van der Waals surface area contributed by atoms with E-state index in [2.05, 4.69) is 15.0 Å². The molecule has 0 saturated carbocycles. The zero-order valence-corrected chi connectivity index (χ0v) is 14.5. The predicted octanol–water partition coefficient (Wildman–Crippen LogP) is 3.41. The van der Waals surface area contributed by atoms with Crippen LogP contribution in [0.15, 0.2) is 42.7 Å². The van der Waals surface area contributed by atoms with Crippen LogP contribution < -0.4 is 14.8 Å². The van der Waals surface area contributed by atoms with Crippen LogP contribution in [0, 0.1) is 0 Å². The normalized spacial score (nSPS) is 11.4. The zero-order valence-electron chi connectivity index (χ0n) is 14.5. The minimum Gasteiger partial charge on any atom is -0.496 e. The number of hydrogen-bond acceptors (Lipinski definition) is 4. The lowest BCUT2D eigenvalue weighted by atomic mass is 10.1. The van der Waals surface area contributed by atoms with Gasteiger partial charge < -0.3 is 19.4 Å². The van der Waals surface area contributed by atoms with Gasteiger partial charge in [-0.15, -0.1) is 13.2 Å². The molecule has 0 aliphatic heterocycles. The van der Waals surface area contributed by atoms with Crippen molar-refractivity contribution < 1.29 is 27.4 Å². The summed E-state index contributed by atoms with van der Waals surface area (Å²) in [6, 6.07) is 8.28. The Hall–Kier alpha value is -3.23. The molecule has 0 aliphatic rings. The lowest BCUT2D eigenvalue weighted by Crippen LogP contribution is -2.23. The molecule has 0 aliphatic carbocycles. The molecule has 1 aromatic heterocycles. The number of halogens is 3. The van der Waals surface area contributed by atoms with Crippen LogP contribution in [0.4, 0.5) is 13.2 Å². The van der Waals surface area contributed by atoms with Gasteiger partial charge in [0, 0.05) is 24.7 Å². The number of carbonyl (C=O) groups is 1. The molecule has 6 nitrogen and oxygen atoms in total. The highest BCUT2D eigenvalue weighted by Gasteiger charge is 2.31. The Morgan fingerprint density at radius 1 is 1.19 bits per heavy atom. The highest BCUT2D eigenvalue weighted by Crippen LogP contribution is 2.27. The minimum atomic E-state index is -4.78. The molecular formula is C18H16F3N3O3. The number of benzene rings is 2. The van der Waals surface area contributed by atoms with Crippen molar-refractivity contribution in [3.8, 4) is 11.5 Å². The van der Waals surface area contributed by atoms with Crippen LogP contribution >= 0.6 is 0 Å². The molecule has 9 heteroatoms. The fourth-order valence-corrected chi connectivity index (χ4v) is 2.75. The standard InChI is InChI=1S/C18H16F3N3O3/c1-24-10-23-14-7-8-15(26-2)13(16(14)24)9-22-17(25)11-3-5-12(6-4-11)27-18(19,20)21/h3-8,10H,9H2,1-2H3,(H,22,25). The first-order chi connectivity index (χ1) is 12.8. The number of fused-ring (bicyclic) bond motifs is 1. The summed E-state index contributed by atoms with van der Waals surface area (Å²) >= 11 is 0. The SMILES string of the molecule is COc1ccc2ncn(C)c2c1CNC(=O)c1ccc(OC(F)(F)F)cc1. The van der Waals surface area contributed by atoms with Gasteiger partial charge in [0.25, 0.3) is 5.91 Å². The Bertz CT molecular complexity index is 966. The van der Waals surface area contributed by atoms with Gasteiger partial charge in [0.1, 0.15) is 11.5 Å². The van der Waals surface area contributed by atoms with Crippen LogP contribution in [0.2, 0.25) is 0 Å². The number of alkyl halides is 3. The predicted molar refractivity (Wildman–Crippen MR) is 91.6 cm³/mol. The Morgan fingerprint density at radius 2 is 1.89 bits per heavy atom. The number of nitrogens with one attached hydrogen (secondary N) is 1. The van der Waals surface area contributed by atoms with Crippen molar-refractivity contribution in [2.45, 2.75) is 12.9 Å². The molecule has 0 fully saturated rings. The zero-order chi connectivity index (χ0) is 19.6. The summed E-state index contributed by atoms with van der Waals surface area (Å²) in [5.41, 5.74) is 2.54. The van der Waals surface area contributed by atoms with Gasteiger partial charge in [-0.25, -0.2) is 4.98 Å². The summed E-state index contributed by atoms with van der Waals surface area (Å²) in [5.74, 6) is -0.226. The van der Waals surface area contributed by atoms with E-state index in [0.29, 0.717) is 5.75 Å². The topological polar surface area (TPSA) is 65.4 Å². The summed E-state index contributed by atoms with van der Waals surface area (Å²) in [6.45, 7) is 0.166. The van der Waals surface area contributed by atoms with Gasteiger partial charge in [0.2, 0.25) is 0 Å². The molecule has 0 bridgehead atoms. The van der Waals surface area contributed by atoms with Crippen molar-refractivity contribution >= 4 is 16.9 Å². The van der Waals surface area contributed by atoms with E-state index in [0.717, 1.165) is 28.7 Å². The Morgan fingerprint density at radius 3 is 2.52 bits per heavy atom. The second kappa shape index (κ2) is 7.18. The minimum absolute atomic E-state index is 0.166. The van der Waals surface area contributed by atoms with Crippen molar-refractivity contribution in [3.63, 3.8) is 0 Å². The molecule has 0 unspecified atom stereocenters. The lowest BCUT2D eigenvalue weighted by Gasteiger charge is -2.13. The number of hydrogen-bond donors (Lipinski definition) is 1. The number of rotatable bonds is 5. The first-order valence-corrected chi connectivity index (χ1v) is 7.89. The largest absolute Gasteiger partial charge is 0.573 e. The lowest BCUT2D eigenvalue weighted by molar-refractivity contribution is -0.274. The molecule has 3 aromatic rings. The summed E-state index contributed by atoms with van der Waals surface area (Å²) in [6.07, 6.45) is -3.11. The third-order valence-electron chi connectivity index (χ3n) is 3.94. The van der Waals surface area contributed by atoms with Crippen molar-refractivity contribution in [2.75, 3.05) is 7.11 Å². The molecule has 0 saturated heterocycles. The van der Waals surface area contributed by atoms with Gasteiger partial charge in [-0.05, 0) is 36.4 Å². The van der Waals surface area contributed by atoms with Crippen molar-refractivity contribution in [3.05, 3.63) is 53.9 Å². The van der Waals surface area contributed by atoms with Gasteiger partial charge in [-0.3, -0.25) is 4.79 Å². The van der Waals surface area contributed by atoms with Gasteiger partial charge in [0.15, 0.2) is 0 Å². The third-order valence-corrected chi connectivity index (χ3v) is 3.94. The Labute approximate surface area is 152 Å². The van der Waals surface area contributed by atoms with E-state index in [1.165, 1.54) is 19.2 Å². The number of methoxy groups -OCH3 is 1. The van der Waals surface area contributed by atoms with Gasteiger partial charge in [-0.2, -0.15) is 0 Å². The maximum Gasteiger partial charge on any atom is 0.573 e. The first kappa shape index (κ1) is 18.6. The van der Waals surface area contributed by atoms with E-state index in [9.17, 15) is 18.0 Å². The van der Waals surface area contributed by atoms with Crippen molar-refractivity contribution in [2.24, 2.45) is 7.05 Å². The van der Waals surface area contributed by atoms with Gasteiger partial charge >= 0.3 is 6.36 Å². The maximum atomic E-state index is 12.3. The van der Waals surface area contributed by atoms with Crippen molar-refractivity contribution in [1.29, 1.82) is 0 Å². The summed E-state index contributed by atoms with van der Waals surface area (Å²) in [5, 5.41) is 2.74. The Balaban J connectivity index is 1.76. The first-order valence-electron chi connectivity index (χ1n) is 7.89. The van der Waals surface area contributed by atoms with Gasteiger partial charge in [0.05, 0.1) is 24.5 Å². The highest BCUT2D eigenvalue weighted by atomic mass is 19.4. The fraction of sp³-hybridized carbons (Fsp3) is 0.222. The summed E-state index contributed by atoms with van der Waals surface area (Å²) in [4.78, 5) is 16.6. The van der Waals surface area contributed by atoms with Crippen LogP contribution in [0.1, 0.15) is 15.9 Å². The fourth-order valence-electron chi connectivity index (χ4n) is 2.75. The monoisotopic (exact) mass is 379 g/mol. The molecule has 1 N–H and O–H groups in total. The van der Waals surface area contributed by atoms with E-state index < -0.39 is 12.3 Å². The highest BCUT2D eigenvalue weighted by molar-refractivity contribution is 5.94. The molecule has 27 heavy (non-hydrogen) atoms. The van der Waals surface area contributed by atoms with Crippen LogP contribution in [0.5, 0.6) is 11.5 Å². The van der Waals surface area contributed by atoms with E-state index >= 15 is 0 Å². The second-order valence-electron chi connectivity index (χ2n) is 5.72. The average molecular weight is 379 g/mol. The quantitative estimate of drug-likeness (QED) is 0.738.